The molecule has 0 saturated heterocycles. The number of hydrogen-bond donors (Lipinski definition) is 0. The molecule has 0 amide bonds. The number of nitrogens with zero attached hydrogens (tertiary/aromatic N) is 5. The van der Waals surface area contributed by atoms with Crippen molar-refractivity contribution < 1.29 is 0 Å². The summed E-state index contributed by atoms with van der Waals surface area (Å²) in [5.74, 6) is 1.88. The van der Waals surface area contributed by atoms with E-state index in [9.17, 15) is 0 Å². The highest BCUT2D eigenvalue weighted by Crippen LogP contribution is 2.44. The van der Waals surface area contributed by atoms with Gasteiger partial charge in [0.25, 0.3) is 0 Å². The molecule has 5 nitrogen and oxygen atoms in total. The maximum absolute atomic E-state index is 5.12. The molecule has 0 aliphatic rings. The van der Waals surface area contributed by atoms with Crippen molar-refractivity contribution in [3.05, 3.63) is 128 Å². The molecule has 5 aromatic carbocycles. The molecular weight excluding hydrogens is 534 g/mol. The molecule has 0 unspecified atom stereocenters. The van der Waals surface area contributed by atoms with Crippen molar-refractivity contribution in [2.45, 2.75) is 0 Å². The number of pyridine rings is 1. The van der Waals surface area contributed by atoms with Crippen LogP contribution >= 0.6 is 11.3 Å². The number of fused-ring (bicyclic) bond motifs is 9. The normalized spacial score (nSPS) is 11.8. The molecular formula is C36H21N5S. The summed E-state index contributed by atoms with van der Waals surface area (Å²) < 4.78 is 4.61. The van der Waals surface area contributed by atoms with Crippen LogP contribution in [0.15, 0.2) is 128 Å². The van der Waals surface area contributed by atoms with Crippen LogP contribution in [0.3, 0.4) is 0 Å². The van der Waals surface area contributed by atoms with Crippen LogP contribution in [0.25, 0.3) is 81.6 Å². The van der Waals surface area contributed by atoms with Crippen LogP contribution in [0.1, 0.15) is 0 Å². The lowest BCUT2D eigenvalue weighted by Gasteiger charge is -2.11. The molecule has 42 heavy (non-hydrogen) atoms. The fraction of sp³-hybridized carbons (Fsp3) is 0. The van der Waals surface area contributed by atoms with E-state index in [0.717, 1.165) is 38.4 Å². The van der Waals surface area contributed by atoms with Crippen molar-refractivity contribution >= 4 is 64.2 Å². The molecule has 0 saturated carbocycles. The minimum absolute atomic E-state index is 0.599. The van der Waals surface area contributed by atoms with Crippen molar-refractivity contribution in [2.24, 2.45) is 0 Å². The second-order valence-corrected chi connectivity index (χ2v) is 11.3. The summed E-state index contributed by atoms with van der Waals surface area (Å²) in [4.78, 5) is 19.9. The number of rotatable bonds is 3. The second-order valence-electron chi connectivity index (χ2n) is 10.3. The first-order valence-electron chi connectivity index (χ1n) is 13.8. The van der Waals surface area contributed by atoms with Crippen molar-refractivity contribution in [3.63, 3.8) is 0 Å². The molecule has 0 fully saturated rings. The first kappa shape index (κ1) is 23.3. The zero-order chi connectivity index (χ0) is 27.6. The Hall–Kier alpha value is -5.46. The summed E-state index contributed by atoms with van der Waals surface area (Å²) in [6.45, 7) is 0. The first-order valence-corrected chi connectivity index (χ1v) is 14.6. The predicted molar refractivity (Wildman–Crippen MR) is 173 cm³/mol. The van der Waals surface area contributed by atoms with Gasteiger partial charge in [-0.05, 0) is 12.1 Å². The number of hydrogen-bond acceptors (Lipinski definition) is 5. The second kappa shape index (κ2) is 9.03. The van der Waals surface area contributed by atoms with E-state index in [1.54, 1.807) is 11.3 Å². The fourth-order valence-electron chi connectivity index (χ4n) is 5.98. The minimum Gasteiger partial charge on any atom is -0.276 e. The highest BCUT2D eigenvalue weighted by Gasteiger charge is 2.21. The molecule has 0 bridgehead atoms. The van der Waals surface area contributed by atoms with Gasteiger partial charge in [0.15, 0.2) is 11.6 Å². The monoisotopic (exact) mass is 555 g/mol. The Labute approximate surface area is 244 Å². The molecule has 0 aliphatic carbocycles. The van der Waals surface area contributed by atoms with E-state index < -0.39 is 0 Å². The lowest BCUT2D eigenvalue weighted by atomic mass is 10.1. The van der Waals surface area contributed by atoms with Crippen molar-refractivity contribution in [1.82, 2.24) is 24.5 Å². The van der Waals surface area contributed by atoms with Crippen molar-refractivity contribution in [3.8, 4) is 28.7 Å². The third-order valence-corrected chi connectivity index (χ3v) is 9.14. The van der Waals surface area contributed by atoms with Gasteiger partial charge in [-0.1, -0.05) is 109 Å². The molecule has 0 spiro atoms. The minimum atomic E-state index is 0.599. The van der Waals surface area contributed by atoms with E-state index in [-0.39, 0.29) is 0 Å². The van der Waals surface area contributed by atoms with Crippen LogP contribution in [0, 0.1) is 0 Å². The number of para-hydroxylation sites is 1. The lowest BCUT2D eigenvalue weighted by Crippen LogP contribution is -2.06. The van der Waals surface area contributed by atoms with Gasteiger partial charge in [0.05, 0.1) is 25.9 Å². The molecule has 9 rings (SSSR count). The van der Waals surface area contributed by atoms with Crippen molar-refractivity contribution in [2.75, 3.05) is 0 Å². The number of thiophene rings is 1. The Kier molecular flexibility index (Phi) is 5.00. The molecule has 4 aromatic heterocycles. The van der Waals surface area contributed by atoms with Gasteiger partial charge in [0.1, 0.15) is 0 Å². The topological polar surface area (TPSA) is 56.5 Å². The average Bonchev–Trinajstić information content (AvgIpc) is 3.62. The van der Waals surface area contributed by atoms with Gasteiger partial charge < -0.3 is 0 Å². The first-order chi connectivity index (χ1) is 20.8. The average molecular weight is 556 g/mol. The van der Waals surface area contributed by atoms with Crippen molar-refractivity contribution in [1.29, 1.82) is 0 Å². The van der Waals surface area contributed by atoms with Gasteiger partial charge in [-0.25, -0.2) is 4.98 Å². The zero-order valence-electron chi connectivity index (χ0n) is 22.3. The molecule has 196 valence electrons. The molecule has 6 heteroatoms. The summed E-state index contributed by atoms with van der Waals surface area (Å²) in [7, 11) is 0. The summed E-state index contributed by atoms with van der Waals surface area (Å²) in [5.41, 5.74) is 5.09. The van der Waals surface area contributed by atoms with Crippen LogP contribution < -0.4 is 0 Å². The molecule has 0 atom stereocenters. The van der Waals surface area contributed by atoms with Gasteiger partial charge in [0.2, 0.25) is 5.95 Å². The molecule has 4 heterocycles. The van der Waals surface area contributed by atoms with Gasteiger partial charge in [-0.2, -0.15) is 9.97 Å². The largest absolute Gasteiger partial charge is 0.276 e. The molecule has 9 aromatic rings. The Bertz CT molecular complexity index is 2400. The third kappa shape index (κ3) is 3.42. The predicted octanol–water partition coefficient (Wildman–Crippen LogP) is 9.22. The number of aromatic nitrogens is 5. The fourth-order valence-corrected chi connectivity index (χ4v) is 7.33. The Morgan fingerprint density at radius 2 is 1.14 bits per heavy atom. The van der Waals surface area contributed by atoms with Gasteiger partial charge in [0, 0.05) is 44.3 Å². The summed E-state index contributed by atoms with van der Waals surface area (Å²) in [5, 5.41) is 5.90. The molecule has 0 N–H and O–H groups in total. The van der Waals surface area contributed by atoms with Crippen LogP contribution in [0.5, 0.6) is 0 Å². The van der Waals surface area contributed by atoms with E-state index in [0.29, 0.717) is 17.6 Å². The van der Waals surface area contributed by atoms with Gasteiger partial charge >= 0.3 is 0 Å². The maximum atomic E-state index is 5.12. The van der Waals surface area contributed by atoms with E-state index in [2.05, 4.69) is 59.2 Å². The van der Waals surface area contributed by atoms with Gasteiger partial charge in [-0.15, -0.1) is 11.3 Å². The van der Waals surface area contributed by atoms with E-state index in [1.807, 2.05) is 72.9 Å². The molecule has 0 aliphatic heterocycles. The summed E-state index contributed by atoms with van der Waals surface area (Å²) in [6.07, 6.45) is 1.87. The molecule has 0 radical (unpaired) electrons. The smallest absolute Gasteiger partial charge is 0.238 e. The maximum Gasteiger partial charge on any atom is 0.238 e. The summed E-state index contributed by atoms with van der Waals surface area (Å²) >= 11 is 1.79. The van der Waals surface area contributed by atoms with Crippen LogP contribution in [-0.2, 0) is 0 Å². The number of benzene rings is 5. The highest BCUT2D eigenvalue weighted by molar-refractivity contribution is 7.27. The lowest BCUT2D eigenvalue weighted by molar-refractivity contribution is 0.955. The van der Waals surface area contributed by atoms with E-state index >= 15 is 0 Å². The highest BCUT2D eigenvalue weighted by atomic mass is 32.1. The Balaban J connectivity index is 1.44. The quantitative estimate of drug-likeness (QED) is 0.218. The van der Waals surface area contributed by atoms with Crippen LogP contribution in [-0.4, -0.2) is 24.5 Å². The Morgan fingerprint density at radius 1 is 0.500 bits per heavy atom. The van der Waals surface area contributed by atoms with Gasteiger partial charge in [-0.3, -0.25) is 9.55 Å². The standard InChI is InChI=1S/C36H21N5S/c1-3-10-23(11-4-1)34-38-35(24-12-5-2-6-13-24)40-36(39-34)41-29-16-8-7-15-25(29)26-19-20-28-27-18-17-22-14-9-21-37-30(22)32(27)42-33(28)31(26)41/h1-21H. The van der Waals surface area contributed by atoms with E-state index in [1.165, 1.54) is 25.6 Å². The summed E-state index contributed by atoms with van der Waals surface area (Å²) in [6, 6.07) is 41.8. The zero-order valence-corrected chi connectivity index (χ0v) is 23.1. The van der Waals surface area contributed by atoms with Crippen LogP contribution in [0.2, 0.25) is 0 Å². The Morgan fingerprint density at radius 3 is 1.90 bits per heavy atom. The SMILES string of the molecule is c1ccc(-c2nc(-c3ccccc3)nc(-n3c4ccccc4c4ccc5c6ccc7cccnc7c6sc5c43)n2)cc1. The van der Waals surface area contributed by atoms with Crippen LogP contribution in [0.4, 0.5) is 0 Å². The third-order valence-electron chi connectivity index (χ3n) is 7.90. The van der Waals surface area contributed by atoms with E-state index in [4.69, 9.17) is 19.9 Å².